The van der Waals surface area contributed by atoms with Crippen molar-refractivity contribution in [3.8, 4) is 5.75 Å². The SMILES string of the molecule is Cc1ccc(O)c(CN(CC(=O)O)C2CCCC2)n1. The van der Waals surface area contributed by atoms with E-state index in [9.17, 15) is 9.90 Å². The second-order valence-electron chi connectivity index (χ2n) is 5.16. The molecule has 1 heterocycles. The molecule has 0 atom stereocenters. The molecule has 0 spiro atoms. The van der Waals surface area contributed by atoms with Gasteiger partial charge in [-0.25, -0.2) is 0 Å². The molecule has 1 aliphatic rings. The third-order valence-corrected chi connectivity index (χ3v) is 3.62. The van der Waals surface area contributed by atoms with Gasteiger partial charge in [-0.05, 0) is 31.9 Å². The zero-order valence-corrected chi connectivity index (χ0v) is 11.2. The fraction of sp³-hybridized carbons (Fsp3) is 0.571. The number of nitrogens with zero attached hydrogens (tertiary/aromatic N) is 2. The Morgan fingerprint density at radius 1 is 1.42 bits per heavy atom. The number of aryl methyl sites for hydroxylation is 1. The average Bonchev–Trinajstić information content (AvgIpc) is 2.86. The van der Waals surface area contributed by atoms with E-state index >= 15 is 0 Å². The van der Waals surface area contributed by atoms with Crippen LogP contribution in [0.5, 0.6) is 5.75 Å². The van der Waals surface area contributed by atoms with Crippen LogP contribution in [-0.4, -0.2) is 38.7 Å². The van der Waals surface area contributed by atoms with Gasteiger partial charge in [0.25, 0.3) is 0 Å². The largest absolute Gasteiger partial charge is 0.506 e. The Kier molecular flexibility index (Phi) is 4.37. The van der Waals surface area contributed by atoms with E-state index in [1.165, 1.54) is 0 Å². The lowest BCUT2D eigenvalue weighted by atomic mass is 10.2. The number of carboxylic acid groups (broad SMARTS) is 1. The van der Waals surface area contributed by atoms with Crippen LogP contribution < -0.4 is 0 Å². The summed E-state index contributed by atoms with van der Waals surface area (Å²) in [7, 11) is 0. The molecule has 0 aromatic carbocycles. The van der Waals surface area contributed by atoms with E-state index in [1.54, 1.807) is 12.1 Å². The lowest BCUT2D eigenvalue weighted by Gasteiger charge is -2.27. The molecule has 0 unspecified atom stereocenters. The number of aromatic hydroxyl groups is 1. The molecule has 5 heteroatoms. The molecule has 1 aromatic heterocycles. The van der Waals surface area contributed by atoms with Gasteiger partial charge in [-0.3, -0.25) is 14.7 Å². The predicted octanol–water partition coefficient (Wildman–Crippen LogP) is 1.92. The minimum absolute atomic E-state index is 0.000269. The zero-order chi connectivity index (χ0) is 13.8. The third-order valence-electron chi connectivity index (χ3n) is 3.62. The molecule has 1 saturated carbocycles. The van der Waals surface area contributed by atoms with Crippen molar-refractivity contribution in [1.82, 2.24) is 9.88 Å². The van der Waals surface area contributed by atoms with Crippen molar-refractivity contribution in [3.05, 3.63) is 23.5 Å². The molecule has 1 aromatic rings. The van der Waals surface area contributed by atoms with Gasteiger partial charge in [-0.2, -0.15) is 0 Å². The molecule has 1 fully saturated rings. The van der Waals surface area contributed by atoms with Crippen molar-refractivity contribution in [2.45, 2.75) is 45.2 Å². The summed E-state index contributed by atoms with van der Waals surface area (Å²) in [5, 5.41) is 18.8. The maximum absolute atomic E-state index is 11.0. The molecule has 0 saturated heterocycles. The monoisotopic (exact) mass is 264 g/mol. The first-order chi connectivity index (χ1) is 9.06. The van der Waals surface area contributed by atoms with Gasteiger partial charge < -0.3 is 10.2 Å². The van der Waals surface area contributed by atoms with E-state index in [4.69, 9.17) is 5.11 Å². The highest BCUT2D eigenvalue weighted by atomic mass is 16.4. The van der Waals surface area contributed by atoms with Gasteiger partial charge in [0.2, 0.25) is 0 Å². The summed E-state index contributed by atoms with van der Waals surface area (Å²) in [6.07, 6.45) is 4.35. The summed E-state index contributed by atoms with van der Waals surface area (Å²) in [6.45, 7) is 2.25. The van der Waals surface area contributed by atoms with Crippen LogP contribution in [0.15, 0.2) is 12.1 Å². The normalized spacial score (nSPS) is 16.1. The van der Waals surface area contributed by atoms with Crippen LogP contribution in [0.4, 0.5) is 0 Å². The Balaban J connectivity index is 2.14. The van der Waals surface area contributed by atoms with Crippen LogP contribution in [0.25, 0.3) is 0 Å². The van der Waals surface area contributed by atoms with Crippen molar-refractivity contribution in [2.75, 3.05) is 6.54 Å². The Morgan fingerprint density at radius 3 is 2.74 bits per heavy atom. The van der Waals surface area contributed by atoms with Crippen molar-refractivity contribution in [2.24, 2.45) is 0 Å². The Morgan fingerprint density at radius 2 is 2.11 bits per heavy atom. The van der Waals surface area contributed by atoms with Gasteiger partial charge >= 0.3 is 5.97 Å². The molecule has 0 radical (unpaired) electrons. The molecule has 0 amide bonds. The number of rotatable bonds is 5. The van der Waals surface area contributed by atoms with E-state index < -0.39 is 5.97 Å². The molecule has 104 valence electrons. The fourth-order valence-corrected chi connectivity index (χ4v) is 2.67. The number of carboxylic acids is 1. The van der Waals surface area contributed by atoms with E-state index in [1.807, 2.05) is 11.8 Å². The Bertz CT molecular complexity index is 456. The van der Waals surface area contributed by atoms with E-state index in [0.29, 0.717) is 12.2 Å². The standard InChI is InChI=1S/C14H20N2O3/c1-10-6-7-13(17)12(15-10)8-16(9-14(18)19)11-4-2-3-5-11/h6-7,11,17H,2-5,8-9H2,1H3,(H,18,19). The lowest BCUT2D eigenvalue weighted by Crippen LogP contribution is -2.37. The first-order valence-electron chi connectivity index (χ1n) is 6.67. The van der Waals surface area contributed by atoms with Crippen LogP contribution in [0.3, 0.4) is 0 Å². The van der Waals surface area contributed by atoms with Gasteiger partial charge in [0.15, 0.2) is 0 Å². The van der Waals surface area contributed by atoms with E-state index in [-0.39, 0.29) is 18.3 Å². The van der Waals surface area contributed by atoms with Crippen LogP contribution in [-0.2, 0) is 11.3 Å². The maximum Gasteiger partial charge on any atom is 0.317 e. The lowest BCUT2D eigenvalue weighted by molar-refractivity contribution is -0.139. The van der Waals surface area contributed by atoms with E-state index in [0.717, 1.165) is 31.4 Å². The number of carbonyl (C=O) groups is 1. The molecular formula is C14H20N2O3. The van der Waals surface area contributed by atoms with Crippen LogP contribution >= 0.6 is 0 Å². The molecular weight excluding hydrogens is 244 g/mol. The number of aromatic nitrogens is 1. The maximum atomic E-state index is 11.0. The Hall–Kier alpha value is -1.62. The smallest absolute Gasteiger partial charge is 0.317 e. The van der Waals surface area contributed by atoms with Gasteiger partial charge in [0, 0.05) is 18.3 Å². The topological polar surface area (TPSA) is 73.7 Å². The highest BCUT2D eigenvalue weighted by Gasteiger charge is 2.25. The summed E-state index contributed by atoms with van der Waals surface area (Å²) in [5.41, 5.74) is 1.39. The first-order valence-corrected chi connectivity index (χ1v) is 6.67. The second-order valence-corrected chi connectivity index (χ2v) is 5.16. The van der Waals surface area contributed by atoms with Crippen molar-refractivity contribution >= 4 is 5.97 Å². The van der Waals surface area contributed by atoms with Gasteiger partial charge in [-0.15, -0.1) is 0 Å². The van der Waals surface area contributed by atoms with Crippen LogP contribution in [0, 0.1) is 6.92 Å². The quantitative estimate of drug-likeness (QED) is 0.850. The molecule has 2 rings (SSSR count). The van der Waals surface area contributed by atoms with Crippen LogP contribution in [0.2, 0.25) is 0 Å². The number of aliphatic carboxylic acids is 1. The molecule has 0 bridgehead atoms. The second kappa shape index (κ2) is 6.02. The third kappa shape index (κ3) is 3.67. The average molecular weight is 264 g/mol. The van der Waals surface area contributed by atoms with Crippen molar-refractivity contribution < 1.29 is 15.0 Å². The van der Waals surface area contributed by atoms with Crippen molar-refractivity contribution in [3.63, 3.8) is 0 Å². The zero-order valence-electron chi connectivity index (χ0n) is 11.2. The molecule has 5 nitrogen and oxygen atoms in total. The number of hydrogen-bond donors (Lipinski definition) is 2. The van der Waals surface area contributed by atoms with E-state index in [2.05, 4.69) is 4.98 Å². The molecule has 19 heavy (non-hydrogen) atoms. The summed E-state index contributed by atoms with van der Waals surface area (Å²) in [4.78, 5) is 17.2. The summed E-state index contributed by atoms with van der Waals surface area (Å²) >= 11 is 0. The summed E-state index contributed by atoms with van der Waals surface area (Å²) in [5.74, 6) is -0.696. The number of hydrogen-bond acceptors (Lipinski definition) is 4. The Labute approximate surface area is 112 Å². The van der Waals surface area contributed by atoms with Gasteiger partial charge in [-0.1, -0.05) is 12.8 Å². The molecule has 0 aliphatic heterocycles. The van der Waals surface area contributed by atoms with Crippen LogP contribution in [0.1, 0.15) is 37.1 Å². The predicted molar refractivity (Wildman–Crippen MR) is 70.9 cm³/mol. The number of pyridine rings is 1. The van der Waals surface area contributed by atoms with Gasteiger partial charge in [0.05, 0.1) is 12.2 Å². The molecule has 2 N–H and O–H groups in total. The fourth-order valence-electron chi connectivity index (χ4n) is 2.67. The minimum atomic E-state index is -0.834. The van der Waals surface area contributed by atoms with Crippen molar-refractivity contribution in [1.29, 1.82) is 0 Å². The highest BCUT2D eigenvalue weighted by molar-refractivity contribution is 5.69. The minimum Gasteiger partial charge on any atom is -0.506 e. The highest BCUT2D eigenvalue weighted by Crippen LogP contribution is 2.26. The van der Waals surface area contributed by atoms with Gasteiger partial charge in [0.1, 0.15) is 5.75 Å². The summed E-state index contributed by atoms with van der Waals surface area (Å²) in [6, 6.07) is 3.65. The summed E-state index contributed by atoms with van der Waals surface area (Å²) < 4.78 is 0. The first kappa shape index (κ1) is 13.8. The molecule has 1 aliphatic carbocycles.